The third-order valence-corrected chi connectivity index (χ3v) is 4.99. The van der Waals surface area contributed by atoms with Crippen molar-refractivity contribution < 1.29 is 19.1 Å². The van der Waals surface area contributed by atoms with Gasteiger partial charge < -0.3 is 4.74 Å². The number of carbonyl (C=O) groups excluding carboxylic acids is 3. The van der Waals surface area contributed by atoms with Gasteiger partial charge in [-0.15, -0.1) is 11.3 Å². The molecule has 2 unspecified atom stereocenters. The molecule has 1 aliphatic rings. The predicted octanol–water partition coefficient (Wildman–Crippen LogP) is 2.99. The van der Waals surface area contributed by atoms with Gasteiger partial charge in [0.25, 0.3) is 0 Å². The van der Waals surface area contributed by atoms with E-state index in [9.17, 15) is 14.4 Å². The summed E-state index contributed by atoms with van der Waals surface area (Å²) in [4.78, 5) is 37.5. The molecular formula is C19H18O4S. The van der Waals surface area contributed by atoms with Crippen LogP contribution in [-0.4, -0.2) is 23.6 Å². The monoisotopic (exact) mass is 342 g/mol. The number of hydrogen-bond donors (Lipinski definition) is 0. The lowest BCUT2D eigenvalue weighted by Gasteiger charge is -2.26. The van der Waals surface area contributed by atoms with Crippen molar-refractivity contribution in [3.05, 3.63) is 58.3 Å². The molecule has 0 spiro atoms. The number of carbonyl (C=O) groups is 3. The molecule has 2 heterocycles. The summed E-state index contributed by atoms with van der Waals surface area (Å²) in [6.45, 7) is 0. The third kappa shape index (κ3) is 3.97. The molecule has 1 aliphatic heterocycles. The molecule has 1 aromatic carbocycles. The first-order valence-corrected chi connectivity index (χ1v) is 8.83. The number of cyclic esters (lactones) is 1. The van der Waals surface area contributed by atoms with Crippen LogP contribution in [-0.2, 0) is 32.0 Å². The van der Waals surface area contributed by atoms with Gasteiger partial charge in [0.1, 0.15) is 6.10 Å². The molecule has 0 aliphatic carbocycles. The first-order valence-electron chi connectivity index (χ1n) is 7.95. The Hall–Kier alpha value is -2.27. The minimum absolute atomic E-state index is 0.109. The largest absolute Gasteiger partial charge is 0.461 e. The molecule has 5 heteroatoms. The molecule has 24 heavy (non-hydrogen) atoms. The number of ketones is 2. The van der Waals surface area contributed by atoms with E-state index >= 15 is 0 Å². The maximum Gasteiger partial charge on any atom is 0.324 e. The van der Waals surface area contributed by atoms with Crippen LogP contribution in [0.3, 0.4) is 0 Å². The molecule has 0 saturated carbocycles. The highest BCUT2D eigenvalue weighted by molar-refractivity contribution is 7.10. The summed E-state index contributed by atoms with van der Waals surface area (Å²) >= 11 is 1.44. The zero-order chi connectivity index (χ0) is 16.9. The van der Waals surface area contributed by atoms with Gasteiger partial charge in [-0.05, 0) is 29.9 Å². The van der Waals surface area contributed by atoms with Crippen molar-refractivity contribution in [2.45, 2.75) is 31.8 Å². The van der Waals surface area contributed by atoms with Crippen molar-refractivity contribution in [3.8, 4) is 0 Å². The van der Waals surface area contributed by atoms with Crippen LogP contribution in [0.4, 0.5) is 0 Å². The van der Waals surface area contributed by atoms with Gasteiger partial charge >= 0.3 is 5.97 Å². The third-order valence-electron chi connectivity index (χ3n) is 4.12. The molecule has 2 atom stereocenters. The number of ether oxygens (including phenoxy) is 1. The van der Waals surface area contributed by atoms with Crippen molar-refractivity contribution in [2.75, 3.05) is 0 Å². The lowest BCUT2D eigenvalue weighted by molar-refractivity contribution is -0.166. The van der Waals surface area contributed by atoms with Gasteiger partial charge in [0.05, 0.1) is 0 Å². The molecule has 1 fully saturated rings. The average molecular weight is 342 g/mol. The summed E-state index contributed by atoms with van der Waals surface area (Å²) < 4.78 is 5.35. The van der Waals surface area contributed by atoms with Crippen molar-refractivity contribution in [1.82, 2.24) is 0 Å². The summed E-state index contributed by atoms with van der Waals surface area (Å²) in [5, 5.41) is 1.86. The van der Waals surface area contributed by atoms with Crippen LogP contribution in [0, 0.1) is 5.92 Å². The number of aryl methyl sites for hydroxylation is 1. The Bertz CT molecular complexity index is 703. The van der Waals surface area contributed by atoms with Crippen LogP contribution in [0.15, 0.2) is 47.8 Å². The lowest BCUT2D eigenvalue weighted by Crippen LogP contribution is -2.43. The topological polar surface area (TPSA) is 60.4 Å². The Kier molecular flexibility index (Phi) is 5.20. The van der Waals surface area contributed by atoms with Gasteiger partial charge in [0.2, 0.25) is 0 Å². The van der Waals surface area contributed by atoms with Gasteiger partial charge in [-0.25, -0.2) is 0 Å². The van der Waals surface area contributed by atoms with E-state index in [0.29, 0.717) is 6.42 Å². The summed E-state index contributed by atoms with van der Waals surface area (Å²) in [6, 6.07) is 13.5. The Morgan fingerprint density at radius 2 is 1.92 bits per heavy atom. The van der Waals surface area contributed by atoms with E-state index in [-0.39, 0.29) is 24.4 Å². The zero-order valence-electron chi connectivity index (χ0n) is 13.1. The molecule has 0 N–H and O–H groups in total. The van der Waals surface area contributed by atoms with E-state index in [1.54, 1.807) is 0 Å². The Balaban J connectivity index is 1.57. The van der Waals surface area contributed by atoms with Crippen LogP contribution in [0.5, 0.6) is 0 Å². The fraction of sp³-hybridized carbons (Fsp3) is 0.316. The molecule has 0 radical (unpaired) electrons. The second-order valence-electron chi connectivity index (χ2n) is 5.91. The van der Waals surface area contributed by atoms with Crippen molar-refractivity contribution in [2.24, 2.45) is 5.92 Å². The fourth-order valence-corrected chi connectivity index (χ4v) is 3.59. The normalized spacial score (nSPS) is 20.7. The Morgan fingerprint density at radius 1 is 1.12 bits per heavy atom. The summed E-state index contributed by atoms with van der Waals surface area (Å²) in [6.07, 6.45) is 1.13. The summed E-state index contributed by atoms with van der Waals surface area (Å²) in [5.41, 5.74) is 1.14. The SMILES string of the molecule is O=C(Cc1cccs1)C1C(=O)CC(CCc2ccccc2)OC1=O. The van der Waals surface area contributed by atoms with Gasteiger partial charge in [0.15, 0.2) is 17.5 Å². The Morgan fingerprint density at radius 3 is 2.58 bits per heavy atom. The summed E-state index contributed by atoms with van der Waals surface area (Å²) in [7, 11) is 0. The maximum absolute atomic E-state index is 12.3. The van der Waals surface area contributed by atoms with Crippen molar-refractivity contribution >= 4 is 28.9 Å². The van der Waals surface area contributed by atoms with E-state index in [0.717, 1.165) is 16.9 Å². The van der Waals surface area contributed by atoms with Gasteiger partial charge in [-0.1, -0.05) is 36.4 Å². The van der Waals surface area contributed by atoms with E-state index in [4.69, 9.17) is 4.74 Å². The van der Waals surface area contributed by atoms with Gasteiger partial charge in [-0.3, -0.25) is 14.4 Å². The van der Waals surface area contributed by atoms with E-state index in [2.05, 4.69) is 0 Å². The summed E-state index contributed by atoms with van der Waals surface area (Å²) in [5.74, 6) is -2.62. The quantitative estimate of drug-likeness (QED) is 0.598. The van der Waals surface area contributed by atoms with Crippen molar-refractivity contribution in [1.29, 1.82) is 0 Å². The van der Waals surface area contributed by atoms with E-state index < -0.39 is 18.0 Å². The number of esters is 1. The smallest absolute Gasteiger partial charge is 0.324 e. The minimum Gasteiger partial charge on any atom is -0.461 e. The van der Waals surface area contributed by atoms with Crippen LogP contribution < -0.4 is 0 Å². The predicted molar refractivity (Wildman–Crippen MR) is 90.8 cm³/mol. The molecule has 1 saturated heterocycles. The molecule has 0 bridgehead atoms. The first kappa shape index (κ1) is 16.6. The van der Waals surface area contributed by atoms with Crippen LogP contribution in [0.1, 0.15) is 23.3 Å². The van der Waals surface area contributed by atoms with E-state index in [1.165, 1.54) is 11.3 Å². The zero-order valence-corrected chi connectivity index (χ0v) is 14.0. The molecular weight excluding hydrogens is 324 g/mol. The van der Waals surface area contributed by atoms with Crippen LogP contribution in [0.2, 0.25) is 0 Å². The molecule has 2 aromatic rings. The molecule has 1 aromatic heterocycles. The number of rotatable bonds is 6. The number of hydrogen-bond acceptors (Lipinski definition) is 5. The second-order valence-corrected chi connectivity index (χ2v) is 6.94. The highest BCUT2D eigenvalue weighted by Gasteiger charge is 2.41. The lowest BCUT2D eigenvalue weighted by atomic mass is 9.89. The molecule has 0 amide bonds. The molecule has 3 rings (SSSR count). The molecule has 124 valence electrons. The number of benzene rings is 1. The number of Topliss-reactive ketones (excluding diaryl/α,β-unsaturated/α-hetero) is 2. The second kappa shape index (κ2) is 7.53. The van der Waals surface area contributed by atoms with E-state index in [1.807, 2.05) is 47.8 Å². The fourth-order valence-electron chi connectivity index (χ4n) is 2.88. The van der Waals surface area contributed by atoms with Gasteiger partial charge in [-0.2, -0.15) is 0 Å². The van der Waals surface area contributed by atoms with Gasteiger partial charge in [0, 0.05) is 17.7 Å². The first-order chi connectivity index (χ1) is 11.6. The highest BCUT2D eigenvalue weighted by Crippen LogP contribution is 2.23. The minimum atomic E-state index is -1.25. The van der Waals surface area contributed by atoms with Crippen molar-refractivity contribution in [3.63, 3.8) is 0 Å². The van der Waals surface area contributed by atoms with Crippen LogP contribution >= 0.6 is 11.3 Å². The maximum atomic E-state index is 12.3. The molecule has 4 nitrogen and oxygen atoms in total. The highest BCUT2D eigenvalue weighted by atomic mass is 32.1. The standard InChI is InChI=1S/C19H18O4S/c20-16-11-14(9-8-13-5-2-1-3-6-13)23-19(22)18(16)17(21)12-15-7-4-10-24-15/h1-7,10,14,18H,8-9,11-12H2. The Labute approximate surface area is 144 Å². The number of thiophene rings is 1. The van der Waals surface area contributed by atoms with Crippen LogP contribution in [0.25, 0.3) is 0 Å². The average Bonchev–Trinajstić information content (AvgIpc) is 3.06.